The zero-order chi connectivity index (χ0) is 14.8. The lowest BCUT2D eigenvalue weighted by atomic mass is 10.1. The molecule has 0 saturated heterocycles. The van der Waals surface area contributed by atoms with E-state index in [1.807, 2.05) is 18.5 Å². The van der Waals surface area contributed by atoms with Gasteiger partial charge in [-0.2, -0.15) is 13.2 Å². The molecule has 0 atom stereocenters. The van der Waals surface area contributed by atoms with Gasteiger partial charge in [0.1, 0.15) is 0 Å². The van der Waals surface area contributed by atoms with Crippen molar-refractivity contribution in [2.24, 2.45) is 0 Å². The summed E-state index contributed by atoms with van der Waals surface area (Å²) < 4.78 is 41.1. The Labute approximate surface area is 116 Å². The lowest BCUT2D eigenvalue weighted by Crippen LogP contribution is -2.10. The maximum atomic E-state index is 13.1. The Hall–Kier alpha value is -1.49. The van der Waals surface area contributed by atoms with Crippen molar-refractivity contribution < 1.29 is 13.2 Å². The molecule has 110 valence electrons. The highest BCUT2D eigenvalue weighted by atomic mass is 19.4. The van der Waals surface area contributed by atoms with E-state index in [0.717, 1.165) is 31.1 Å². The van der Waals surface area contributed by atoms with Crippen LogP contribution in [0, 0.1) is 0 Å². The number of nitrogens with zero attached hydrogens (tertiary/aromatic N) is 1. The molecule has 1 heterocycles. The highest BCUT2D eigenvalue weighted by molar-refractivity contribution is 5.85. The van der Waals surface area contributed by atoms with Gasteiger partial charge in [-0.25, -0.2) is 0 Å². The molecule has 2 nitrogen and oxygen atoms in total. The molecule has 0 bridgehead atoms. The largest absolute Gasteiger partial charge is 0.417 e. The van der Waals surface area contributed by atoms with Gasteiger partial charge in [-0.1, -0.05) is 6.07 Å². The van der Waals surface area contributed by atoms with Crippen molar-refractivity contribution in [3.05, 3.63) is 35.5 Å². The molecule has 2 rings (SSSR count). The quantitative estimate of drug-likeness (QED) is 0.826. The minimum Gasteiger partial charge on any atom is -0.345 e. The Morgan fingerprint density at radius 3 is 2.60 bits per heavy atom. The number of rotatable bonds is 5. The Morgan fingerprint density at radius 2 is 2.00 bits per heavy atom. The summed E-state index contributed by atoms with van der Waals surface area (Å²) in [6.07, 6.45) is -2.61. The first kappa shape index (κ1) is 14.9. The van der Waals surface area contributed by atoms with Crippen LogP contribution in [-0.2, 0) is 19.1 Å². The van der Waals surface area contributed by atoms with Gasteiger partial charge in [-0.05, 0) is 51.6 Å². The third-order valence-corrected chi connectivity index (χ3v) is 3.51. The summed E-state index contributed by atoms with van der Waals surface area (Å²) in [7, 11) is 1.87. The topological polar surface area (TPSA) is 17.0 Å². The fourth-order valence-electron chi connectivity index (χ4n) is 2.61. The maximum absolute atomic E-state index is 13.1. The molecule has 0 radical (unpaired) electrons. The number of alkyl halides is 3. The fourth-order valence-corrected chi connectivity index (χ4v) is 2.61. The fraction of sp³-hybridized carbons (Fsp3) is 0.467. The van der Waals surface area contributed by atoms with Crippen molar-refractivity contribution in [2.75, 3.05) is 13.6 Å². The van der Waals surface area contributed by atoms with Gasteiger partial charge in [0, 0.05) is 23.1 Å². The van der Waals surface area contributed by atoms with Crippen LogP contribution >= 0.6 is 0 Å². The first-order valence-electron chi connectivity index (χ1n) is 6.82. The van der Waals surface area contributed by atoms with E-state index in [0.29, 0.717) is 17.4 Å². The summed E-state index contributed by atoms with van der Waals surface area (Å²) in [4.78, 5) is 0. The number of aromatic nitrogens is 1. The van der Waals surface area contributed by atoms with Gasteiger partial charge in [0.15, 0.2) is 0 Å². The van der Waals surface area contributed by atoms with E-state index >= 15 is 0 Å². The van der Waals surface area contributed by atoms with E-state index in [2.05, 4.69) is 5.32 Å². The molecule has 0 unspecified atom stereocenters. The molecular formula is C15H19F3N2. The predicted molar refractivity (Wildman–Crippen MR) is 74.9 cm³/mol. The third-order valence-electron chi connectivity index (χ3n) is 3.51. The summed E-state index contributed by atoms with van der Waals surface area (Å²) in [5.41, 5.74) is 1.09. The molecule has 1 aromatic carbocycles. The van der Waals surface area contributed by atoms with Crippen LogP contribution in [0.3, 0.4) is 0 Å². The SMILES string of the molecule is CCn1c(CCCNC)cc2c(C(F)(F)F)cccc21. The van der Waals surface area contributed by atoms with Gasteiger partial charge in [0.05, 0.1) is 5.56 Å². The molecule has 20 heavy (non-hydrogen) atoms. The first-order valence-corrected chi connectivity index (χ1v) is 6.82. The molecule has 0 aliphatic heterocycles. The monoisotopic (exact) mass is 284 g/mol. The summed E-state index contributed by atoms with van der Waals surface area (Å²) in [6, 6.07) is 6.08. The van der Waals surface area contributed by atoms with Gasteiger partial charge >= 0.3 is 6.18 Å². The molecule has 0 saturated carbocycles. The Kier molecular flexibility index (Phi) is 4.38. The first-order chi connectivity index (χ1) is 9.49. The highest BCUT2D eigenvalue weighted by Crippen LogP contribution is 2.36. The summed E-state index contributed by atoms with van der Waals surface area (Å²) in [5.74, 6) is 0. The number of benzene rings is 1. The zero-order valence-corrected chi connectivity index (χ0v) is 11.7. The highest BCUT2D eigenvalue weighted by Gasteiger charge is 2.33. The van der Waals surface area contributed by atoms with Crippen molar-refractivity contribution in [2.45, 2.75) is 32.5 Å². The second-order valence-electron chi connectivity index (χ2n) is 4.82. The summed E-state index contributed by atoms with van der Waals surface area (Å²) in [6.45, 7) is 3.50. The van der Waals surface area contributed by atoms with Crippen molar-refractivity contribution >= 4 is 10.9 Å². The number of hydrogen-bond donors (Lipinski definition) is 1. The molecule has 0 fully saturated rings. The minimum absolute atomic E-state index is 0.307. The van der Waals surface area contributed by atoms with Crippen LogP contribution in [0.25, 0.3) is 10.9 Å². The van der Waals surface area contributed by atoms with Gasteiger partial charge in [0.2, 0.25) is 0 Å². The van der Waals surface area contributed by atoms with E-state index in [-0.39, 0.29) is 0 Å². The second kappa shape index (κ2) is 5.87. The number of halogens is 3. The molecule has 0 spiro atoms. The standard InChI is InChI=1S/C15H19F3N2/c1-3-20-11(6-5-9-19-2)10-12-13(15(16,17)18)7-4-8-14(12)20/h4,7-8,10,19H,3,5-6,9H2,1-2H3. The van der Waals surface area contributed by atoms with Crippen LogP contribution in [0.15, 0.2) is 24.3 Å². The molecule has 0 aliphatic rings. The minimum atomic E-state index is -4.30. The van der Waals surface area contributed by atoms with Gasteiger partial charge in [0.25, 0.3) is 0 Å². The van der Waals surface area contributed by atoms with Gasteiger partial charge in [-0.15, -0.1) is 0 Å². The van der Waals surface area contributed by atoms with Crippen LogP contribution in [0.5, 0.6) is 0 Å². The van der Waals surface area contributed by atoms with E-state index < -0.39 is 11.7 Å². The molecular weight excluding hydrogens is 265 g/mol. The Balaban J connectivity index is 2.50. The third kappa shape index (κ3) is 2.82. The summed E-state index contributed by atoms with van der Waals surface area (Å²) >= 11 is 0. The number of fused-ring (bicyclic) bond motifs is 1. The van der Waals surface area contributed by atoms with Crippen molar-refractivity contribution in [1.29, 1.82) is 0 Å². The Bertz CT molecular complexity index is 585. The van der Waals surface area contributed by atoms with Crippen molar-refractivity contribution in [3.63, 3.8) is 0 Å². The molecule has 2 aromatic rings. The number of hydrogen-bond acceptors (Lipinski definition) is 1. The maximum Gasteiger partial charge on any atom is 0.417 e. The van der Waals surface area contributed by atoms with Crippen LogP contribution in [0.2, 0.25) is 0 Å². The number of aryl methyl sites for hydroxylation is 2. The average Bonchev–Trinajstić information content (AvgIpc) is 2.75. The van der Waals surface area contributed by atoms with Gasteiger partial charge in [-0.3, -0.25) is 0 Å². The van der Waals surface area contributed by atoms with Crippen LogP contribution in [-0.4, -0.2) is 18.2 Å². The van der Waals surface area contributed by atoms with Crippen molar-refractivity contribution in [1.82, 2.24) is 9.88 Å². The molecule has 1 N–H and O–H groups in total. The van der Waals surface area contributed by atoms with Crippen LogP contribution in [0.1, 0.15) is 24.6 Å². The Morgan fingerprint density at radius 1 is 1.25 bits per heavy atom. The van der Waals surface area contributed by atoms with Crippen LogP contribution < -0.4 is 5.32 Å². The lowest BCUT2D eigenvalue weighted by molar-refractivity contribution is -0.136. The normalized spacial score (nSPS) is 12.2. The molecule has 0 amide bonds. The number of nitrogens with one attached hydrogen (secondary N) is 1. The van der Waals surface area contributed by atoms with Crippen LogP contribution in [0.4, 0.5) is 13.2 Å². The second-order valence-corrected chi connectivity index (χ2v) is 4.82. The lowest BCUT2D eigenvalue weighted by Gasteiger charge is -2.09. The van der Waals surface area contributed by atoms with Gasteiger partial charge < -0.3 is 9.88 Å². The average molecular weight is 284 g/mol. The smallest absolute Gasteiger partial charge is 0.345 e. The zero-order valence-electron chi connectivity index (χ0n) is 11.7. The molecule has 1 aromatic heterocycles. The van der Waals surface area contributed by atoms with E-state index in [1.165, 1.54) is 6.07 Å². The predicted octanol–water partition coefficient (Wildman–Crippen LogP) is 3.83. The summed E-state index contributed by atoms with van der Waals surface area (Å²) in [5, 5.41) is 3.36. The van der Waals surface area contributed by atoms with E-state index in [4.69, 9.17) is 0 Å². The van der Waals surface area contributed by atoms with Crippen molar-refractivity contribution in [3.8, 4) is 0 Å². The van der Waals surface area contributed by atoms with E-state index in [9.17, 15) is 13.2 Å². The van der Waals surface area contributed by atoms with E-state index in [1.54, 1.807) is 12.1 Å². The molecule has 5 heteroatoms. The molecule has 0 aliphatic carbocycles.